The van der Waals surface area contributed by atoms with Crippen molar-refractivity contribution in [2.45, 2.75) is 52.5 Å². The van der Waals surface area contributed by atoms with Crippen molar-refractivity contribution in [3.63, 3.8) is 0 Å². The lowest BCUT2D eigenvalue weighted by atomic mass is 9.82. The topological polar surface area (TPSA) is 40.5 Å². The Balaban J connectivity index is 0.000000185. The number of amides is 1. The van der Waals surface area contributed by atoms with Crippen molar-refractivity contribution >= 4 is 17.5 Å². The van der Waals surface area contributed by atoms with E-state index in [1.54, 1.807) is 7.05 Å². The molecule has 0 atom stereocenters. The SMILES string of the molecule is CC(C)C1CCCCC1.CN1Cc2cc(Cl)c(O)c(F)c2C1=O. The van der Waals surface area contributed by atoms with E-state index in [4.69, 9.17) is 11.6 Å². The van der Waals surface area contributed by atoms with Crippen LogP contribution in [0.5, 0.6) is 5.75 Å². The summed E-state index contributed by atoms with van der Waals surface area (Å²) in [5, 5.41) is 9.13. The van der Waals surface area contributed by atoms with Crippen LogP contribution in [0.2, 0.25) is 5.02 Å². The maximum atomic E-state index is 13.4. The Morgan fingerprint density at radius 2 is 1.91 bits per heavy atom. The van der Waals surface area contributed by atoms with Gasteiger partial charge in [-0.3, -0.25) is 4.79 Å². The molecule has 1 aromatic carbocycles. The van der Waals surface area contributed by atoms with E-state index in [1.807, 2.05) is 0 Å². The average Bonchev–Trinajstić information content (AvgIpc) is 2.81. The highest BCUT2D eigenvalue weighted by atomic mass is 35.5. The smallest absolute Gasteiger partial charge is 0.257 e. The number of benzene rings is 1. The second-order valence-electron chi connectivity index (χ2n) is 6.86. The zero-order chi connectivity index (χ0) is 17.1. The van der Waals surface area contributed by atoms with Crippen LogP contribution in [0.3, 0.4) is 0 Å². The lowest BCUT2D eigenvalue weighted by Gasteiger charge is -2.24. The van der Waals surface area contributed by atoms with Gasteiger partial charge in [0.05, 0.1) is 10.6 Å². The summed E-state index contributed by atoms with van der Waals surface area (Å²) in [6.07, 6.45) is 7.46. The summed E-state index contributed by atoms with van der Waals surface area (Å²) in [4.78, 5) is 12.8. The van der Waals surface area contributed by atoms with Crippen molar-refractivity contribution in [2.75, 3.05) is 7.05 Å². The van der Waals surface area contributed by atoms with Crippen LogP contribution in [-0.2, 0) is 6.54 Å². The molecule has 5 heteroatoms. The summed E-state index contributed by atoms with van der Waals surface area (Å²) in [5.74, 6) is -0.0237. The van der Waals surface area contributed by atoms with E-state index in [9.17, 15) is 14.3 Å². The van der Waals surface area contributed by atoms with Gasteiger partial charge in [-0.2, -0.15) is 0 Å². The first-order chi connectivity index (χ1) is 10.8. The molecule has 1 amide bonds. The molecule has 1 aliphatic heterocycles. The van der Waals surface area contributed by atoms with E-state index in [1.165, 1.54) is 43.1 Å². The first kappa shape index (κ1) is 18.1. The third-order valence-corrected chi connectivity index (χ3v) is 5.12. The highest BCUT2D eigenvalue weighted by Gasteiger charge is 2.30. The largest absolute Gasteiger partial charge is 0.504 e. The van der Waals surface area contributed by atoms with Crippen molar-refractivity contribution in [3.05, 3.63) is 28.0 Å². The maximum Gasteiger partial charge on any atom is 0.257 e. The van der Waals surface area contributed by atoms with Crippen molar-refractivity contribution < 1.29 is 14.3 Å². The van der Waals surface area contributed by atoms with Gasteiger partial charge in [0.2, 0.25) is 0 Å². The molecule has 0 bridgehead atoms. The van der Waals surface area contributed by atoms with Crippen LogP contribution in [0.25, 0.3) is 0 Å². The molecule has 3 nitrogen and oxygen atoms in total. The van der Waals surface area contributed by atoms with Crippen molar-refractivity contribution in [3.8, 4) is 5.75 Å². The van der Waals surface area contributed by atoms with Crippen LogP contribution < -0.4 is 0 Å². The Bertz CT molecular complexity index is 583. The van der Waals surface area contributed by atoms with E-state index in [0.29, 0.717) is 12.1 Å². The minimum absolute atomic E-state index is 0.0654. The monoisotopic (exact) mass is 341 g/mol. The molecule has 1 heterocycles. The minimum Gasteiger partial charge on any atom is -0.504 e. The number of aromatic hydroxyl groups is 1. The van der Waals surface area contributed by atoms with Crippen molar-refractivity contribution in [1.29, 1.82) is 0 Å². The number of rotatable bonds is 1. The molecule has 3 rings (SSSR count). The predicted octanol–water partition coefficient (Wildman–Crippen LogP) is 4.99. The van der Waals surface area contributed by atoms with Crippen molar-refractivity contribution in [1.82, 2.24) is 4.90 Å². The molecule has 1 aromatic rings. The lowest BCUT2D eigenvalue weighted by molar-refractivity contribution is 0.0812. The average molecular weight is 342 g/mol. The molecular formula is C18H25ClFNO2. The number of hydrogen-bond acceptors (Lipinski definition) is 2. The van der Waals surface area contributed by atoms with Gasteiger partial charge < -0.3 is 10.0 Å². The normalized spacial score (nSPS) is 18.0. The summed E-state index contributed by atoms with van der Waals surface area (Å²) in [6, 6.07) is 1.41. The van der Waals surface area contributed by atoms with Gasteiger partial charge in [-0.25, -0.2) is 4.39 Å². The Labute approximate surface area is 142 Å². The Morgan fingerprint density at radius 3 is 2.43 bits per heavy atom. The molecule has 128 valence electrons. The Morgan fingerprint density at radius 1 is 1.30 bits per heavy atom. The highest BCUT2D eigenvalue weighted by Crippen LogP contribution is 2.35. The molecule has 1 saturated carbocycles. The fourth-order valence-corrected chi connectivity index (χ4v) is 3.55. The standard InChI is InChI=1S/C9H7ClFNO2.C9H18/c1-12-3-4-2-5(10)8(13)7(11)6(4)9(12)14;1-8(2)9-6-4-3-5-7-9/h2,13H,3H2,1H3;8-9H,3-7H2,1-2H3. The van der Waals surface area contributed by atoms with Crippen LogP contribution in [0.1, 0.15) is 61.9 Å². The number of fused-ring (bicyclic) bond motifs is 1. The number of phenolic OH excluding ortho intramolecular Hbond substituents is 1. The van der Waals surface area contributed by atoms with Crippen molar-refractivity contribution in [2.24, 2.45) is 11.8 Å². The van der Waals surface area contributed by atoms with E-state index >= 15 is 0 Å². The Hall–Kier alpha value is -1.29. The number of nitrogens with zero attached hydrogens (tertiary/aromatic N) is 1. The highest BCUT2D eigenvalue weighted by molar-refractivity contribution is 6.32. The van der Waals surface area contributed by atoms with Crippen LogP contribution in [-0.4, -0.2) is 23.0 Å². The summed E-state index contributed by atoms with van der Waals surface area (Å²) in [6.45, 7) is 5.04. The van der Waals surface area contributed by atoms with Gasteiger partial charge in [-0.15, -0.1) is 0 Å². The van der Waals surface area contributed by atoms with Gasteiger partial charge in [0, 0.05) is 13.6 Å². The van der Waals surface area contributed by atoms with E-state index in [2.05, 4.69) is 13.8 Å². The molecule has 0 saturated heterocycles. The molecule has 2 aliphatic rings. The summed E-state index contributed by atoms with van der Waals surface area (Å²) < 4.78 is 13.4. The first-order valence-corrected chi connectivity index (χ1v) is 8.66. The minimum atomic E-state index is -0.929. The van der Waals surface area contributed by atoms with Gasteiger partial charge in [-0.1, -0.05) is 57.6 Å². The third-order valence-electron chi connectivity index (χ3n) is 4.84. The second kappa shape index (κ2) is 7.52. The molecule has 1 N–H and O–H groups in total. The molecule has 1 aliphatic carbocycles. The zero-order valence-corrected chi connectivity index (χ0v) is 14.8. The van der Waals surface area contributed by atoms with Gasteiger partial charge >= 0.3 is 0 Å². The lowest BCUT2D eigenvalue weighted by Crippen LogP contribution is -2.18. The zero-order valence-electron chi connectivity index (χ0n) is 14.0. The van der Waals surface area contributed by atoms with E-state index < -0.39 is 17.5 Å². The number of phenols is 1. The number of hydrogen-bond donors (Lipinski definition) is 1. The van der Waals surface area contributed by atoms with Crippen LogP contribution in [0.15, 0.2) is 6.07 Å². The fourth-order valence-electron chi connectivity index (χ4n) is 3.33. The molecule has 1 fully saturated rings. The van der Waals surface area contributed by atoms with Gasteiger partial charge in [0.25, 0.3) is 5.91 Å². The quantitative estimate of drug-likeness (QED) is 0.781. The second-order valence-corrected chi connectivity index (χ2v) is 7.27. The molecule has 0 aromatic heterocycles. The third kappa shape index (κ3) is 3.97. The van der Waals surface area contributed by atoms with Gasteiger partial charge in [-0.05, 0) is 23.5 Å². The molecular weight excluding hydrogens is 317 g/mol. The van der Waals surface area contributed by atoms with Gasteiger partial charge in [0.1, 0.15) is 0 Å². The number of carbonyl (C=O) groups is 1. The molecule has 0 spiro atoms. The summed E-state index contributed by atoms with van der Waals surface area (Å²) in [7, 11) is 1.56. The number of halogens is 2. The van der Waals surface area contributed by atoms with E-state index in [-0.39, 0.29) is 10.6 Å². The first-order valence-electron chi connectivity index (χ1n) is 8.28. The van der Waals surface area contributed by atoms with Crippen LogP contribution in [0, 0.1) is 17.7 Å². The fraction of sp³-hybridized carbons (Fsp3) is 0.611. The van der Waals surface area contributed by atoms with E-state index in [0.717, 1.165) is 11.8 Å². The van der Waals surface area contributed by atoms with Crippen LogP contribution >= 0.6 is 11.6 Å². The maximum absolute atomic E-state index is 13.4. The Kier molecular flexibility index (Phi) is 5.90. The summed E-state index contributed by atoms with van der Waals surface area (Å²) >= 11 is 5.57. The predicted molar refractivity (Wildman–Crippen MR) is 90.3 cm³/mol. The molecule has 0 radical (unpaired) electrons. The van der Waals surface area contributed by atoms with Gasteiger partial charge in [0.15, 0.2) is 11.6 Å². The summed E-state index contributed by atoms with van der Waals surface area (Å²) in [5.41, 5.74) is 0.437. The molecule has 0 unspecified atom stereocenters. The molecule has 23 heavy (non-hydrogen) atoms. The van der Waals surface area contributed by atoms with Crippen LogP contribution in [0.4, 0.5) is 4.39 Å². The number of carbonyl (C=O) groups excluding carboxylic acids is 1.